The van der Waals surface area contributed by atoms with Crippen molar-refractivity contribution in [3.63, 3.8) is 0 Å². The molecule has 0 spiro atoms. The zero-order chi connectivity index (χ0) is 15.0. The van der Waals surface area contributed by atoms with Gasteiger partial charge < -0.3 is 9.47 Å². The molecule has 2 heteroatoms. The monoisotopic (exact) mass is 272 g/mol. The van der Waals surface area contributed by atoms with Crippen molar-refractivity contribution in [3.8, 4) is 0 Å². The van der Waals surface area contributed by atoms with Gasteiger partial charge in [0.2, 0.25) is 0 Å². The van der Waals surface area contributed by atoms with Crippen LogP contribution in [-0.2, 0) is 9.47 Å². The number of ether oxygens (including phenoxy) is 2. The Kier molecular flexibility index (Phi) is 17.3. The van der Waals surface area contributed by atoms with Gasteiger partial charge in [0.1, 0.15) is 0 Å². The van der Waals surface area contributed by atoms with Crippen LogP contribution in [0.4, 0.5) is 0 Å². The predicted octanol–water partition coefficient (Wildman–Crippen LogP) is 5.72. The van der Waals surface area contributed by atoms with Crippen LogP contribution < -0.4 is 0 Å². The van der Waals surface area contributed by atoms with E-state index in [0.717, 1.165) is 19.6 Å². The smallest absolute Gasteiger partial charge is 0.165 e. The lowest BCUT2D eigenvalue weighted by molar-refractivity contribution is -0.225. The Morgan fingerprint density at radius 1 is 0.737 bits per heavy atom. The maximum Gasteiger partial charge on any atom is 0.165 e. The molecule has 0 aliphatic rings. The first-order chi connectivity index (χ1) is 9.18. The van der Waals surface area contributed by atoms with E-state index < -0.39 is 0 Å². The van der Waals surface area contributed by atoms with E-state index in [0.29, 0.717) is 0 Å². The lowest BCUT2D eigenvalue weighted by Gasteiger charge is -2.29. The molecule has 0 heterocycles. The molecule has 0 aromatic carbocycles. The van der Waals surface area contributed by atoms with Crippen molar-refractivity contribution in [1.29, 1.82) is 0 Å². The highest BCUT2D eigenvalue weighted by Crippen LogP contribution is 2.21. The van der Waals surface area contributed by atoms with Crippen LogP contribution in [0.1, 0.15) is 79.1 Å². The molecule has 19 heavy (non-hydrogen) atoms. The average molecular weight is 272 g/mol. The number of hydrogen-bond acceptors (Lipinski definition) is 2. The lowest BCUT2D eigenvalue weighted by atomic mass is 10.1. The van der Waals surface area contributed by atoms with Gasteiger partial charge in [0, 0.05) is 19.6 Å². The molecule has 0 fully saturated rings. The average Bonchev–Trinajstić information content (AvgIpc) is 2.40. The SMILES string of the molecule is C=C.CCCCCCCCCC(C)(OCC)OCC. The molecule has 0 unspecified atom stereocenters. The van der Waals surface area contributed by atoms with Crippen LogP contribution in [0.3, 0.4) is 0 Å². The minimum atomic E-state index is -0.354. The molecule has 2 nitrogen and oxygen atoms in total. The first-order valence-electron chi connectivity index (χ1n) is 7.96. The summed E-state index contributed by atoms with van der Waals surface area (Å²) in [6.07, 6.45) is 10.4. The van der Waals surface area contributed by atoms with Crippen molar-refractivity contribution in [2.45, 2.75) is 84.8 Å². The largest absolute Gasteiger partial charge is 0.351 e. The van der Waals surface area contributed by atoms with Crippen molar-refractivity contribution in [2.75, 3.05) is 13.2 Å². The third kappa shape index (κ3) is 13.9. The summed E-state index contributed by atoms with van der Waals surface area (Å²) in [5.41, 5.74) is 0. The summed E-state index contributed by atoms with van der Waals surface area (Å²) in [5.74, 6) is -0.354. The Morgan fingerprint density at radius 3 is 1.58 bits per heavy atom. The van der Waals surface area contributed by atoms with Gasteiger partial charge >= 0.3 is 0 Å². The van der Waals surface area contributed by atoms with Crippen molar-refractivity contribution < 1.29 is 9.47 Å². The van der Waals surface area contributed by atoms with E-state index in [2.05, 4.69) is 27.0 Å². The summed E-state index contributed by atoms with van der Waals surface area (Å²) < 4.78 is 11.4. The second kappa shape index (κ2) is 15.7. The molecule has 0 atom stereocenters. The summed E-state index contributed by atoms with van der Waals surface area (Å²) in [6, 6.07) is 0. The Bertz CT molecular complexity index is 163. The second-order valence-electron chi connectivity index (χ2n) is 4.87. The van der Waals surface area contributed by atoms with Crippen LogP contribution in [0.15, 0.2) is 13.2 Å². The Morgan fingerprint density at radius 2 is 1.16 bits per heavy atom. The fourth-order valence-electron chi connectivity index (χ4n) is 2.20. The molecule has 0 N–H and O–H groups in total. The molecule has 0 amide bonds. The van der Waals surface area contributed by atoms with E-state index in [1.807, 2.05) is 13.8 Å². The van der Waals surface area contributed by atoms with Gasteiger partial charge in [0.15, 0.2) is 5.79 Å². The van der Waals surface area contributed by atoms with Gasteiger partial charge in [-0.2, -0.15) is 0 Å². The van der Waals surface area contributed by atoms with Gasteiger partial charge in [-0.1, -0.05) is 45.4 Å². The zero-order valence-electron chi connectivity index (χ0n) is 13.8. The van der Waals surface area contributed by atoms with Gasteiger partial charge in [-0.25, -0.2) is 0 Å². The topological polar surface area (TPSA) is 18.5 Å². The molecular weight excluding hydrogens is 236 g/mol. The maximum atomic E-state index is 5.69. The molecule has 0 aliphatic carbocycles. The van der Waals surface area contributed by atoms with Crippen LogP contribution >= 0.6 is 0 Å². The highest BCUT2D eigenvalue weighted by atomic mass is 16.7. The van der Waals surface area contributed by atoms with Crippen molar-refractivity contribution >= 4 is 0 Å². The van der Waals surface area contributed by atoms with E-state index in [1.54, 1.807) is 0 Å². The predicted molar refractivity (Wildman–Crippen MR) is 85.5 cm³/mol. The quantitative estimate of drug-likeness (QED) is 0.257. The molecule has 0 aromatic rings. The van der Waals surface area contributed by atoms with Crippen LogP contribution in [-0.4, -0.2) is 19.0 Å². The Balaban J connectivity index is 0. The van der Waals surface area contributed by atoms with Crippen LogP contribution in [0.25, 0.3) is 0 Å². The minimum absolute atomic E-state index is 0.354. The molecular formula is C17H36O2. The summed E-state index contributed by atoms with van der Waals surface area (Å²) in [7, 11) is 0. The summed E-state index contributed by atoms with van der Waals surface area (Å²) in [5, 5.41) is 0. The fraction of sp³-hybridized carbons (Fsp3) is 0.882. The molecule has 0 rings (SSSR count). The van der Waals surface area contributed by atoms with E-state index in [4.69, 9.17) is 9.47 Å². The summed E-state index contributed by atoms with van der Waals surface area (Å²) >= 11 is 0. The molecule has 0 aromatic heterocycles. The molecule has 116 valence electrons. The number of hydrogen-bond donors (Lipinski definition) is 0. The third-order valence-corrected chi connectivity index (χ3v) is 3.13. The van der Waals surface area contributed by atoms with Gasteiger partial charge in [0.05, 0.1) is 0 Å². The van der Waals surface area contributed by atoms with Crippen LogP contribution in [0.2, 0.25) is 0 Å². The normalized spacial score (nSPS) is 10.9. The summed E-state index contributed by atoms with van der Waals surface area (Å²) in [6.45, 7) is 15.8. The highest BCUT2D eigenvalue weighted by Gasteiger charge is 2.23. The molecule has 0 saturated carbocycles. The van der Waals surface area contributed by atoms with E-state index in [9.17, 15) is 0 Å². The van der Waals surface area contributed by atoms with Crippen molar-refractivity contribution in [2.24, 2.45) is 0 Å². The maximum absolute atomic E-state index is 5.69. The zero-order valence-corrected chi connectivity index (χ0v) is 13.8. The Labute approximate surface area is 121 Å². The minimum Gasteiger partial charge on any atom is -0.351 e. The number of rotatable bonds is 12. The molecule has 0 bridgehead atoms. The first-order valence-corrected chi connectivity index (χ1v) is 7.96. The van der Waals surface area contributed by atoms with Crippen LogP contribution in [0.5, 0.6) is 0 Å². The highest BCUT2D eigenvalue weighted by molar-refractivity contribution is 4.63. The first kappa shape index (κ1) is 21.0. The van der Waals surface area contributed by atoms with E-state index in [-0.39, 0.29) is 5.79 Å². The van der Waals surface area contributed by atoms with Gasteiger partial charge in [-0.15, -0.1) is 13.2 Å². The van der Waals surface area contributed by atoms with Crippen molar-refractivity contribution in [1.82, 2.24) is 0 Å². The van der Waals surface area contributed by atoms with Crippen molar-refractivity contribution in [3.05, 3.63) is 13.2 Å². The third-order valence-electron chi connectivity index (χ3n) is 3.13. The van der Waals surface area contributed by atoms with E-state index in [1.165, 1.54) is 44.9 Å². The van der Waals surface area contributed by atoms with Gasteiger partial charge in [-0.3, -0.25) is 0 Å². The van der Waals surface area contributed by atoms with Gasteiger partial charge in [-0.05, 0) is 27.2 Å². The number of unbranched alkanes of at least 4 members (excludes halogenated alkanes) is 6. The lowest BCUT2D eigenvalue weighted by Crippen LogP contribution is -2.32. The molecule has 0 aliphatic heterocycles. The van der Waals surface area contributed by atoms with Crippen LogP contribution in [0, 0.1) is 0 Å². The second-order valence-corrected chi connectivity index (χ2v) is 4.87. The van der Waals surface area contributed by atoms with Gasteiger partial charge in [0.25, 0.3) is 0 Å². The Hall–Kier alpha value is -0.340. The summed E-state index contributed by atoms with van der Waals surface area (Å²) in [4.78, 5) is 0. The standard InChI is InChI=1S/C15H32O2.C2H4/c1-5-8-9-10-11-12-13-14-15(4,16-6-2)17-7-3;1-2/h5-14H2,1-4H3;1-2H2. The molecule has 0 radical (unpaired) electrons. The fourth-order valence-corrected chi connectivity index (χ4v) is 2.20. The molecule has 0 saturated heterocycles. The van der Waals surface area contributed by atoms with E-state index >= 15 is 0 Å².